The first-order valence-electron chi connectivity index (χ1n) is 22.5. The summed E-state index contributed by atoms with van der Waals surface area (Å²) in [4.78, 5) is 35.0. The molecule has 0 aromatic rings. The van der Waals surface area contributed by atoms with Crippen LogP contribution < -0.4 is 0 Å². The fraction of sp³-hybridized carbons (Fsp3) is 0.953. The van der Waals surface area contributed by atoms with Gasteiger partial charge in [0.25, 0.3) is 0 Å². The monoisotopic (exact) mass is 793 g/mol. The summed E-state index contributed by atoms with van der Waals surface area (Å²) in [6, 6.07) is 0. The molecular formula is C43H85O10P. The summed E-state index contributed by atoms with van der Waals surface area (Å²) in [5.74, 6) is -0.908. The Labute approximate surface area is 331 Å². The molecule has 0 heterocycles. The van der Waals surface area contributed by atoms with Gasteiger partial charge in [-0.05, 0) is 12.8 Å². The third kappa shape index (κ3) is 39.2. The molecule has 3 atom stereocenters. The lowest BCUT2D eigenvalue weighted by molar-refractivity contribution is -0.161. The number of unbranched alkanes of at least 4 members (excludes halogenated alkanes) is 29. The quantitative estimate of drug-likeness (QED) is 0.0309. The van der Waals surface area contributed by atoms with Crippen LogP contribution in [0, 0.1) is 0 Å². The molecule has 1 unspecified atom stereocenters. The normalized spacial score (nSPS) is 13.8. The summed E-state index contributed by atoms with van der Waals surface area (Å²) >= 11 is 0. The minimum absolute atomic E-state index is 0.192. The number of phosphoric ester groups is 1. The molecule has 0 rings (SSSR count). The third-order valence-electron chi connectivity index (χ3n) is 10.0. The third-order valence-corrected chi connectivity index (χ3v) is 11.0. The van der Waals surface area contributed by atoms with E-state index in [1.165, 1.54) is 154 Å². The van der Waals surface area contributed by atoms with Gasteiger partial charge in [-0.2, -0.15) is 0 Å². The van der Waals surface area contributed by atoms with Crippen molar-refractivity contribution in [2.45, 2.75) is 238 Å². The Kier molecular flexibility index (Phi) is 39.4. The van der Waals surface area contributed by atoms with Crippen molar-refractivity contribution in [3.05, 3.63) is 0 Å². The average Bonchev–Trinajstić information content (AvgIpc) is 3.16. The molecular weight excluding hydrogens is 707 g/mol. The fourth-order valence-corrected chi connectivity index (χ4v) is 7.31. The van der Waals surface area contributed by atoms with Crippen LogP contribution in [0.25, 0.3) is 0 Å². The first-order valence-corrected chi connectivity index (χ1v) is 24.0. The lowest BCUT2D eigenvalue weighted by Crippen LogP contribution is -2.29. The van der Waals surface area contributed by atoms with Crippen LogP contribution in [-0.2, 0) is 32.7 Å². The van der Waals surface area contributed by atoms with Gasteiger partial charge < -0.3 is 24.6 Å². The molecule has 0 saturated heterocycles. The van der Waals surface area contributed by atoms with Crippen LogP contribution in [0.3, 0.4) is 0 Å². The number of ether oxygens (including phenoxy) is 2. The highest BCUT2D eigenvalue weighted by Gasteiger charge is 2.27. The van der Waals surface area contributed by atoms with Crippen molar-refractivity contribution < 1.29 is 47.8 Å². The highest BCUT2D eigenvalue weighted by molar-refractivity contribution is 7.47. The van der Waals surface area contributed by atoms with E-state index in [0.717, 1.165) is 32.1 Å². The van der Waals surface area contributed by atoms with E-state index in [4.69, 9.17) is 23.6 Å². The standard InChI is InChI=1S/C43H85O10P/c1-3-5-7-9-11-13-15-17-19-21-23-25-27-29-31-33-35-43(47)53-41(39-52-54(48,49)51-37-40(45)36-44)38-50-42(46)34-32-30-28-26-24-22-20-18-16-14-12-10-8-6-4-2/h40-41,44-45H,3-39H2,1-2H3,(H,48,49)/t40-,41+/m0/s1. The van der Waals surface area contributed by atoms with E-state index >= 15 is 0 Å². The summed E-state index contributed by atoms with van der Waals surface area (Å²) in [6.45, 7) is 2.43. The van der Waals surface area contributed by atoms with E-state index < -0.39 is 51.8 Å². The lowest BCUT2D eigenvalue weighted by atomic mass is 10.0. The van der Waals surface area contributed by atoms with Crippen LogP contribution >= 0.6 is 7.82 Å². The van der Waals surface area contributed by atoms with Gasteiger partial charge in [-0.15, -0.1) is 0 Å². The first kappa shape index (κ1) is 53.0. The maximum Gasteiger partial charge on any atom is 0.472 e. The Morgan fingerprint density at radius 1 is 0.481 bits per heavy atom. The number of aliphatic hydroxyl groups excluding tert-OH is 2. The van der Waals surface area contributed by atoms with E-state index in [1.807, 2.05) is 0 Å². The van der Waals surface area contributed by atoms with Crippen molar-refractivity contribution in [1.82, 2.24) is 0 Å². The minimum Gasteiger partial charge on any atom is -0.462 e. The largest absolute Gasteiger partial charge is 0.472 e. The Hall–Kier alpha value is -1.03. The molecule has 0 fully saturated rings. The van der Waals surface area contributed by atoms with Crippen molar-refractivity contribution in [2.24, 2.45) is 0 Å². The molecule has 11 heteroatoms. The Morgan fingerprint density at radius 2 is 0.796 bits per heavy atom. The molecule has 0 radical (unpaired) electrons. The molecule has 54 heavy (non-hydrogen) atoms. The Balaban J connectivity index is 4.23. The number of carbonyl (C=O) groups excluding carboxylic acids is 2. The molecule has 0 spiro atoms. The van der Waals surface area contributed by atoms with Crippen molar-refractivity contribution in [3.8, 4) is 0 Å². The minimum atomic E-state index is -4.61. The van der Waals surface area contributed by atoms with Crippen molar-refractivity contribution in [1.29, 1.82) is 0 Å². The molecule has 322 valence electrons. The Morgan fingerprint density at radius 3 is 1.15 bits per heavy atom. The maximum atomic E-state index is 12.6. The molecule has 0 aromatic carbocycles. The van der Waals surface area contributed by atoms with Gasteiger partial charge in [0.15, 0.2) is 6.10 Å². The zero-order valence-corrected chi connectivity index (χ0v) is 35.9. The molecule has 0 saturated carbocycles. The van der Waals surface area contributed by atoms with Crippen LogP contribution in [0.2, 0.25) is 0 Å². The number of aliphatic hydroxyl groups is 2. The zero-order valence-electron chi connectivity index (χ0n) is 35.0. The van der Waals surface area contributed by atoms with Gasteiger partial charge in [-0.25, -0.2) is 4.57 Å². The van der Waals surface area contributed by atoms with Crippen molar-refractivity contribution in [2.75, 3.05) is 26.4 Å². The number of carbonyl (C=O) groups is 2. The van der Waals surface area contributed by atoms with Gasteiger partial charge in [0.2, 0.25) is 0 Å². The molecule has 0 amide bonds. The lowest BCUT2D eigenvalue weighted by Gasteiger charge is -2.20. The van der Waals surface area contributed by atoms with E-state index in [-0.39, 0.29) is 19.4 Å². The molecule has 0 bridgehead atoms. The number of hydrogen-bond acceptors (Lipinski definition) is 9. The molecule has 0 aromatic heterocycles. The topological polar surface area (TPSA) is 149 Å². The van der Waals surface area contributed by atoms with Gasteiger partial charge in [-0.3, -0.25) is 18.6 Å². The van der Waals surface area contributed by atoms with Gasteiger partial charge in [0, 0.05) is 12.8 Å². The number of rotatable bonds is 43. The van der Waals surface area contributed by atoms with Gasteiger partial charge >= 0.3 is 19.8 Å². The van der Waals surface area contributed by atoms with E-state index in [1.54, 1.807) is 0 Å². The Bertz CT molecular complexity index is 873. The second-order valence-electron chi connectivity index (χ2n) is 15.4. The molecule has 0 aliphatic carbocycles. The second-order valence-corrected chi connectivity index (χ2v) is 16.9. The van der Waals surface area contributed by atoms with Crippen LogP contribution in [-0.4, -0.2) is 65.7 Å². The molecule has 3 N–H and O–H groups in total. The second kappa shape index (κ2) is 40.2. The van der Waals surface area contributed by atoms with Gasteiger partial charge in [-0.1, -0.05) is 200 Å². The summed E-state index contributed by atoms with van der Waals surface area (Å²) in [6.07, 6.45) is 36.3. The van der Waals surface area contributed by atoms with Crippen LogP contribution in [0.5, 0.6) is 0 Å². The molecule has 0 aliphatic heterocycles. The van der Waals surface area contributed by atoms with Crippen molar-refractivity contribution in [3.63, 3.8) is 0 Å². The van der Waals surface area contributed by atoms with Crippen molar-refractivity contribution >= 4 is 19.8 Å². The molecule has 0 aliphatic rings. The zero-order chi connectivity index (χ0) is 39.8. The maximum absolute atomic E-state index is 12.6. The van der Waals surface area contributed by atoms with Gasteiger partial charge in [0.05, 0.1) is 19.8 Å². The highest BCUT2D eigenvalue weighted by Crippen LogP contribution is 2.43. The number of phosphoric acid groups is 1. The highest BCUT2D eigenvalue weighted by atomic mass is 31.2. The summed E-state index contributed by atoms with van der Waals surface area (Å²) in [5, 5.41) is 18.3. The fourth-order valence-electron chi connectivity index (χ4n) is 6.52. The number of esters is 2. The summed E-state index contributed by atoms with van der Waals surface area (Å²) < 4.78 is 32.7. The summed E-state index contributed by atoms with van der Waals surface area (Å²) in [5.41, 5.74) is 0. The smallest absolute Gasteiger partial charge is 0.462 e. The van der Waals surface area contributed by atoms with Crippen LogP contribution in [0.4, 0.5) is 0 Å². The average molecular weight is 793 g/mol. The number of hydrogen-bond donors (Lipinski definition) is 3. The summed E-state index contributed by atoms with van der Waals surface area (Å²) in [7, 11) is -4.61. The predicted octanol–water partition coefficient (Wildman–Crippen LogP) is 11.8. The van der Waals surface area contributed by atoms with Crippen LogP contribution in [0.15, 0.2) is 0 Å². The SMILES string of the molecule is CCCCCCCCCCCCCCCCCCC(=O)O[C@H](COC(=O)CCCCCCCCCCCCCCCCC)COP(=O)(O)OC[C@@H](O)CO. The van der Waals surface area contributed by atoms with Gasteiger partial charge in [0.1, 0.15) is 12.7 Å². The van der Waals surface area contributed by atoms with E-state index in [2.05, 4.69) is 13.8 Å². The van der Waals surface area contributed by atoms with E-state index in [0.29, 0.717) is 12.8 Å². The molecule has 10 nitrogen and oxygen atoms in total. The first-order chi connectivity index (χ1) is 26.2. The van der Waals surface area contributed by atoms with Crippen LogP contribution in [0.1, 0.15) is 226 Å². The van der Waals surface area contributed by atoms with E-state index in [9.17, 15) is 24.2 Å². The predicted molar refractivity (Wildman–Crippen MR) is 219 cm³/mol.